The topological polar surface area (TPSA) is 103 Å². The third-order valence-corrected chi connectivity index (χ3v) is 6.36. The van der Waals surface area contributed by atoms with E-state index in [1.165, 1.54) is 19.2 Å². The molecule has 0 radical (unpaired) electrons. The molecule has 8 nitrogen and oxygen atoms in total. The zero-order valence-electron chi connectivity index (χ0n) is 17.7. The third kappa shape index (κ3) is 6.76. The molecule has 0 unspecified atom stereocenters. The molecular weight excluding hydrogens is 420 g/mol. The molecule has 1 aliphatic rings. The van der Waals surface area contributed by atoms with Crippen molar-refractivity contribution in [3.63, 3.8) is 0 Å². The van der Waals surface area contributed by atoms with E-state index in [1.54, 1.807) is 43.3 Å². The number of hydrogen-bond acceptors (Lipinski definition) is 6. The number of benzene rings is 2. The molecule has 2 aromatic rings. The predicted molar refractivity (Wildman–Crippen MR) is 117 cm³/mol. The first-order valence-corrected chi connectivity index (χ1v) is 11.6. The number of nitrogens with one attached hydrogen (secondary N) is 2. The van der Waals surface area contributed by atoms with E-state index in [-0.39, 0.29) is 29.6 Å². The lowest BCUT2D eigenvalue weighted by atomic mass is 10.2. The van der Waals surface area contributed by atoms with E-state index in [0.717, 1.165) is 19.4 Å². The highest BCUT2D eigenvalue weighted by Crippen LogP contribution is 2.19. The summed E-state index contributed by atoms with van der Waals surface area (Å²) in [6.07, 6.45) is 2.12. The van der Waals surface area contributed by atoms with Gasteiger partial charge in [0.05, 0.1) is 17.6 Å². The van der Waals surface area contributed by atoms with Crippen LogP contribution in [0, 0.1) is 0 Å². The minimum absolute atomic E-state index is 0.0965. The lowest BCUT2D eigenvalue weighted by Gasteiger charge is -2.14. The molecule has 1 heterocycles. The van der Waals surface area contributed by atoms with Crippen molar-refractivity contribution in [2.45, 2.75) is 36.8 Å². The van der Waals surface area contributed by atoms with Crippen LogP contribution in [0.2, 0.25) is 0 Å². The van der Waals surface area contributed by atoms with Crippen LogP contribution in [0.4, 0.5) is 5.69 Å². The number of carbonyl (C=O) groups excluding carboxylic acids is 1. The second kappa shape index (κ2) is 10.7. The zero-order chi connectivity index (χ0) is 22.3. The molecule has 1 saturated heterocycles. The molecule has 168 valence electrons. The molecule has 1 amide bonds. The molecule has 0 aliphatic carbocycles. The van der Waals surface area contributed by atoms with Crippen LogP contribution in [0.25, 0.3) is 0 Å². The Labute approximate surface area is 182 Å². The fourth-order valence-electron chi connectivity index (χ4n) is 3.23. The van der Waals surface area contributed by atoms with Gasteiger partial charge in [-0.3, -0.25) is 4.79 Å². The molecule has 1 aliphatic heterocycles. The van der Waals surface area contributed by atoms with Crippen molar-refractivity contribution >= 4 is 21.6 Å². The number of amides is 1. The molecular formula is C22H28N2O6S. The first kappa shape index (κ1) is 23.2. The van der Waals surface area contributed by atoms with Crippen molar-refractivity contribution in [2.75, 3.05) is 32.2 Å². The standard InChI is InChI=1S/C22H28N2O6S/c1-16(14-28-2)24-31(26,27)21-10-8-18(9-11-21)23-22(25)17-5-3-6-19(13-17)30-15-20-7-4-12-29-20/h3,5-6,8-11,13,16,20,24H,4,7,12,14-15H2,1-2H3,(H,23,25)/t16-,20+/m1/s1. The van der Waals surface area contributed by atoms with Gasteiger partial charge in [-0.2, -0.15) is 0 Å². The Balaban J connectivity index is 1.59. The SMILES string of the molecule is COC[C@@H](C)NS(=O)(=O)c1ccc(NC(=O)c2cccc(OC[C@@H]3CCCO3)c2)cc1. The largest absolute Gasteiger partial charge is 0.491 e. The number of carbonyl (C=O) groups is 1. The van der Waals surface area contributed by atoms with E-state index in [1.807, 2.05) is 0 Å². The Bertz CT molecular complexity index is 972. The molecule has 1 fully saturated rings. The molecule has 0 bridgehead atoms. The zero-order valence-corrected chi connectivity index (χ0v) is 18.5. The van der Waals surface area contributed by atoms with Crippen molar-refractivity contribution in [2.24, 2.45) is 0 Å². The second-order valence-corrected chi connectivity index (χ2v) is 9.14. The first-order chi connectivity index (χ1) is 14.9. The summed E-state index contributed by atoms with van der Waals surface area (Å²) in [6.45, 7) is 3.20. The van der Waals surface area contributed by atoms with Crippen molar-refractivity contribution in [3.8, 4) is 5.75 Å². The highest BCUT2D eigenvalue weighted by molar-refractivity contribution is 7.89. The number of methoxy groups -OCH3 is 1. The van der Waals surface area contributed by atoms with E-state index in [4.69, 9.17) is 14.2 Å². The van der Waals surface area contributed by atoms with Crippen LogP contribution in [0.3, 0.4) is 0 Å². The third-order valence-electron chi connectivity index (χ3n) is 4.75. The molecule has 2 atom stereocenters. The van der Waals surface area contributed by atoms with Crippen LogP contribution in [0.5, 0.6) is 5.75 Å². The number of rotatable bonds is 10. The minimum atomic E-state index is -3.67. The summed E-state index contributed by atoms with van der Waals surface area (Å²) in [7, 11) is -2.16. The summed E-state index contributed by atoms with van der Waals surface area (Å²) in [6, 6.07) is 12.5. The molecule has 0 spiro atoms. The fourth-order valence-corrected chi connectivity index (χ4v) is 4.46. The summed E-state index contributed by atoms with van der Waals surface area (Å²) < 4.78 is 43.6. The van der Waals surface area contributed by atoms with Crippen LogP contribution in [0.15, 0.2) is 53.4 Å². The minimum Gasteiger partial charge on any atom is -0.491 e. The molecule has 9 heteroatoms. The smallest absolute Gasteiger partial charge is 0.255 e. The summed E-state index contributed by atoms with van der Waals surface area (Å²) in [5.41, 5.74) is 0.927. The maximum absolute atomic E-state index is 12.6. The molecule has 0 aromatic heterocycles. The quantitative estimate of drug-likeness (QED) is 0.579. The number of anilines is 1. The Kier molecular flexibility index (Phi) is 8.03. The van der Waals surface area contributed by atoms with Crippen LogP contribution < -0.4 is 14.8 Å². The van der Waals surface area contributed by atoms with Crippen molar-refractivity contribution in [1.82, 2.24) is 4.72 Å². The van der Waals surface area contributed by atoms with Gasteiger partial charge in [-0.15, -0.1) is 0 Å². The Morgan fingerprint density at radius 1 is 1.23 bits per heavy atom. The van der Waals surface area contributed by atoms with Gasteiger partial charge in [0.25, 0.3) is 5.91 Å². The summed E-state index contributed by atoms with van der Waals surface area (Å²) in [5.74, 6) is 0.283. The average molecular weight is 449 g/mol. The van der Waals surface area contributed by atoms with Gasteiger partial charge >= 0.3 is 0 Å². The van der Waals surface area contributed by atoms with Gasteiger partial charge < -0.3 is 19.5 Å². The van der Waals surface area contributed by atoms with Gasteiger partial charge in [0.1, 0.15) is 12.4 Å². The molecule has 3 rings (SSSR count). The van der Waals surface area contributed by atoms with Crippen LogP contribution in [-0.4, -0.2) is 53.4 Å². The van der Waals surface area contributed by atoms with Gasteiger partial charge in [0, 0.05) is 31.0 Å². The van der Waals surface area contributed by atoms with E-state index < -0.39 is 10.0 Å². The normalized spacial score (nSPS) is 17.3. The molecule has 31 heavy (non-hydrogen) atoms. The van der Waals surface area contributed by atoms with E-state index in [0.29, 0.717) is 23.6 Å². The first-order valence-electron chi connectivity index (χ1n) is 10.1. The molecule has 2 N–H and O–H groups in total. The van der Waals surface area contributed by atoms with Crippen LogP contribution in [0.1, 0.15) is 30.1 Å². The van der Waals surface area contributed by atoms with Crippen molar-refractivity contribution in [3.05, 3.63) is 54.1 Å². The monoisotopic (exact) mass is 448 g/mol. The number of hydrogen-bond donors (Lipinski definition) is 2. The highest BCUT2D eigenvalue weighted by atomic mass is 32.2. The van der Waals surface area contributed by atoms with Crippen molar-refractivity contribution < 1.29 is 27.4 Å². The average Bonchev–Trinajstić information content (AvgIpc) is 3.26. The summed E-state index contributed by atoms with van der Waals surface area (Å²) in [4.78, 5) is 12.7. The lowest BCUT2D eigenvalue weighted by molar-refractivity contribution is 0.0679. The van der Waals surface area contributed by atoms with E-state index in [9.17, 15) is 13.2 Å². The van der Waals surface area contributed by atoms with Gasteiger partial charge in [-0.05, 0) is 62.2 Å². The fraction of sp³-hybridized carbons (Fsp3) is 0.409. The predicted octanol–water partition coefficient (Wildman–Crippen LogP) is 2.81. The molecule has 2 aromatic carbocycles. The Morgan fingerprint density at radius 3 is 2.68 bits per heavy atom. The Morgan fingerprint density at radius 2 is 2.00 bits per heavy atom. The van der Waals surface area contributed by atoms with Crippen molar-refractivity contribution in [1.29, 1.82) is 0 Å². The second-order valence-electron chi connectivity index (χ2n) is 7.43. The van der Waals surface area contributed by atoms with E-state index in [2.05, 4.69) is 10.0 Å². The van der Waals surface area contributed by atoms with Crippen LogP contribution >= 0.6 is 0 Å². The summed E-state index contributed by atoms with van der Waals surface area (Å²) >= 11 is 0. The Hall–Kier alpha value is -2.46. The van der Waals surface area contributed by atoms with Gasteiger partial charge in [-0.1, -0.05) is 6.07 Å². The van der Waals surface area contributed by atoms with E-state index >= 15 is 0 Å². The maximum atomic E-state index is 12.6. The molecule has 0 saturated carbocycles. The van der Waals surface area contributed by atoms with Crippen LogP contribution in [-0.2, 0) is 19.5 Å². The number of sulfonamides is 1. The maximum Gasteiger partial charge on any atom is 0.255 e. The lowest BCUT2D eigenvalue weighted by Crippen LogP contribution is -2.35. The van der Waals surface area contributed by atoms with Gasteiger partial charge in [0.2, 0.25) is 10.0 Å². The van der Waals surface area contributed by atoms with Gasteiger partial charge in [-0.25, -0.2) is 13.1 Å². The number of ether oxygens (including phenoxy) is 3. The van der Waals surface area contributed by atoms with Gasteiger partial charge in [0.15, 0.2) is 0 Å². The highest BCUT2D eigenvalue weighted by Gasteiger charge is 2.18. The summed E-state index contributed by atoms with van der Waals surface area (Å²) in [5, 5.41) is 2.77.